The van der Waals surface area contributed by atoms with Crippen molar-refractivity contribution in [2.24, 2.45) is 0 Å². The Kier molecular flexibility index (Phi) is 6.60. The van der Waals surface area contributed by atoms with E-state index in [2.05, 4.69) is 9.72 Å². The number of nitriles is 1. The van der Waals surface area contributed by atoms with E-state index >= 15 is 4.39 Å². The summed E-state index contributed by atoms with van der Waals surface area (Å²) in [5, 5.41) is 20.8. The van der Waals surface area contributed by atoms with Crippen molar-refractivity contribution in [2.45, 2.75) is 30.5 Å². The third-order valence-corrected chi connectivity index (χ3v) is 6.23. The normalized spacial score (nSPS) is 23.4. The molecule has 2 aromatic carbocycles. The maximum atomic E-state index is 16.4. The molecule has 206 valence electrons. The summed E-state index contributed by atoms with van der Waals surface area (Å²) in [6.45, 7) is -0.403. The van der Waals surface area contributed by atoms with E-state index in [4.69, 9.17) is 19.5 Å². The highest BCUT2D eigenvalue weighted by Gasteiger charge is 2.61. The number of carbonyl (C=O) groups excluding carboxylic acids is 1. The molecule has 1 saturated heterocycles. The highest BCUT2D eigenvalue weighted by Crippen LogP contribution is 2.55. The summed E-state index contributed by atoms with van der Waals surface area (Å²) < 4.78 is 88.5. The van der Waals surface area contributed by atoms with Crippen LogP contribution in [0.15, 0.2) is 54.9 Å². The van der Waals surface area contributed by atoms with Crippen LogP contribution in [-0.4, -0.2) is 41.3 Å². The molecule has 0 N–H and O–H groups in total. The molecule has 10 nitrogen and oxygen atoms in total. The van der Waals surface area contributed by atoms with E-state index in [0.717, 1.165) is 30.3 Å². The summed E-state index contributed by atoms with van der Waals surface area (Å²) in [7, 11) is 0. The average molecular weight is 563 g/mol. The first kappa shape index (κ1) is 26.9. The molecule has 1 aliphatic carbocycles. The van der Waals surface area contributed by atoms with Gasteiger partial charge in [-0.25, -0.2) is 13.6 Å². The lowest BCUT2D eigenvalue weighted by atomic mass is 9.89. The van der Waals surface area contributed by atoms with Crippen LogP contribution in [0.1, 0.15) is 38.5 Å². The van der Waals surface area contributed by atoms with Crippen molar-refractivity contribution in [2.75, 3.05) is 6.61 Å². The van der Waals surface area contributed by atoms with Gasteiger partial charge in [-0.3, -0.25) is 15.1 Å². The molecule has 1 spiro atoms. The molecule has 2 aliphatic rings. The number of nitrogens with zero attached hydrogens (tertiary/aromatic N) is 3. The van der Waals surface area contributed by atoms with E-state index in [-0.39, 0.29) is 22.4 Å². The number of hydrogen-bond acceptors (Lipinski definition) is 9. The topological polar surface area (TPSA) is 134 Å². The van der Waals surface area contributed by atoms with Gasteiger partial charge in [0.05, 0.1) is 28.0 Å². The Bertz CT molecular complexity index is 1560. The molecule has 1 fully saturated rings. The predicted octanol–water partition coefficient (Wildman–Crippen LogP) is 4.77. The van der Waals surface area contributed by atoms with Crippen LogP contribution in [0.3, 0.4) is 0 Å². The number of aromatic nitrogens is 1. The second kappa shape index (κ2) is 9.81. The number of alkyl halides is 4. The number of pyridine rings is 1. The fourth-order valence-corrected chi connectivity index (χ4v) is 4.73. The summed E-state index contributed by atoms with van der Waals surface area (Å²) in [5.41, 5.74) is -1.81. The largest absolute Gasteiger partial charge is 0.575 e. The van der Waals surface area contributed by atoms with Gasteiger partial charge in [0.25, 0.3) is 5.69 Å². The van der Waals surface area contributed by atoms with Crippen LogP contribution in [0.25, 0.3) is 0 Å². The van der Waals surface area contributed by atoms with Gasteiger partial charge in [0, 0.05) is 35.7 Å². The van der Waals surface area contributed by atoms with Crippen LogP contribution in [0, 0.1) is 27.3 Å². The standard InChI is InChI=1S/C25H14F5N3O7/c26-14-5-12(9-31)6-15(8-14)38-20-11-37-24(39-20)18-10-32-4-3-16(18)21(22(24)27)17-7-13(1-2-19(17)33(35)36)23(34)40-25(28,29)30/h1-8,10,20-22H,11H2/t20?,21-,22+,24?/m0/s1. The Morgan fingerprint density at radius 3 is 2.67 bits per heavy atom. The molecule has 3 aromatic rings. The highest BCUT2D eigenvalue weighted by atomic mass is 19.4. The van der Waals surface area contributed by atoms with Crippen molar-refractivity contribution in [1.29, 1.82) is 5.26 Å². The molecule has 4 atom stereocenters. The van der Waals surface area contributed by atoms with Crippen molar-refractivity contribution in [3.8, 4) is 11.8 Å². The first-order valence-electron chi connectivity index (χ1n) is 11.3. The van der Waals surface area contributed by atoms with E-state index in [9.17, 15) is 32.5 Å². The monoisotopic (exact) mass is 563 g/mol. The predicted molar refractivity (Wildman–Crippen MR) is 120 cm³/mol. The van der Waals surface area contributed by atoms with Gasteiger partial charge >= 0.3 is 12.3 Å². The Morgan fingerprint density at radius 1 is 1.20 bits per heavy atom. The quantitative estimate of drug-likeness (QED) is 0.186. The second-order valence-corrected chi connectivity index (χ2v) is 8.64. The van der Waals surface area contributed by atoms with Gasteiger partial charge in [-0.05, 0) is 35.9 Å². The number of halogens is 5. The van der Waals surface area contributed by atoms with Crippen LogP contribution >= 0.6 is 0 Å². The fourth-order valence-electron chi connectivity index (χ4n) is 4.73. The van der Waals surface area contributed by atoms with Crippen molar-refractivity contribution in [3.05, 3.63) is 98.6 Å². The Balaban J connectivity index is 1.53. The van der Waals surface area contributed by atoms with Crippen LogP contribution in [-0.2, 0) is 20.0 Å². The number of nitro groups is 1. The minimum absolute atomic E-state index is 0.00752. The smallest absolute Gasteiger partial charge is 0.462 e. The molecule has 2 unspecified atom stereocenters. The second-order valence-electron chi connectivity index (χ2n) is 8.64. The van der Waals surface area contributed by atoms with Crippen molar-refractivity contribution < 1.29 is 50.6 Å². The lowest BCUT2D eigenvalue weighted by Crippen LogP contribution is -2.37. The molecule has 0 amide bonds. The van der Waals surface area contributed by atoms with Gasteiger partial charge in [-0.2, -0.15) is 5.26 Å². The van der Waals surface area contributed by atoms with Gasteiger partial charge in [0.1, 0.15) is 18.2 Å². The van der Waals surface area contributed by atoms with E-state index in [1.807, 2.05) is 0 Å². The van der Waals surface area contributed by atoms with Crippen molar-refractivity contribution in [3.63, 3.8) is 0 Å². The van der Waals surface area contributed by atoms with Gasteiger partial charge in [-0.15, -0.1) is 13.2 Å². The molecule has 1 aromatic heterocycles. The highest BCUT2D eigenvalue weighted by molar-refractivity contribution is 5.90. The zero-order valence-corrected chi connectivity index (χ0v) is 19.7. The zero-order chi connectivity index (χ0) is 28.8. The minimum atomic E-state index is -5.33. The molecule has 1 aliphatic heterocycles. The lowest BCUT2D eigenvalue weighted by molar-refractivity contribution is -0.385. The number of ether oxygens (including phenoxy) is 4. The molecular formula is C25H14F5N3O7. The Morgan fingerprint density at radius 2 is 1.98 bits per heavy atom. The van der Waals surface area contributed by atoms with Gasteiger partial charge in [-0.1, -0.05) is 0 Å². The third kappa shape index (κ3) is 4.78. The summed E-state index contributed by atoms with van der Waals surface area (Å²) in [6, 6.07) is 8.47. The molecule has 40 heavy (non-hydrogen) atoms. The molecule has 0 saturated carbocycles. The molecule has 0 bridgehead atoms. The molecule has 5 rings (SSSR count). The van der Waals surface area contributed by atoms with Crippen LogP contribution in [0.5, 0.6) is 5.75 Å². The third-order valence-electron chi connectivity index (χ3n) is 6.23. The first-order chi connectivity index (χ1) is 18.9. The summed E-state index contributed by atoms with van der Waals surface area (Å²) in [6.07, 6.45) is -6.47. The van der Waals surface area contributed by atoms with E-state index in [0.29, 0.717) is 0 Å². The van der Waals surface area contributed by atoms with Crippen LogP contribution in [0.2, 0.25) is 0 Å². The number of nitro benzene ring substituents is 1. The lowest BCUT2D eigenvalue weighted by Gasteiger charge is -2.27. The van der Waals surface area contributed by atoms with Crippen molar-refractivity contribution in [1.82, 2.24) is 4.98 Å². The van der Waals surface area contributed by atoms with Gasteiger partial charge < -0.3 is 18.9 Å². The van der Waals surface area contributed by atoms with Gasteiger partial charge in [0.15, 0.2) is 6.17 Å². The Hall–Kier alpha value is -4.68. The summed E-state index contributed by atoms with van der Waals surface area (Å²) >= 11 is 0. The molecule has 0 radical (unpaired) electrons. The number of fused-ring (bicyclic) bond motifs is 2. The van der Waals surface area contributed by atoms with E-state index < -0.39 is 70.7 Å². The Labute approximate surface area is 220 Å². The van der Waals surface area contributed by atoms with Crippen molar-refractivity contribution >= 4 is 11.7 Å². The SMILES string of the molecule is N#Cc1cc(F)cc(OC2COC3(O2)c2cnccc2[C@@H](c2cc(C(=O)OC(F)(F)F)ccc2[N+](=O)[O-])[C@H]3F)c1. The minimum Gasteiger partial charge on any atom is -0.462 e. The maximum absolute atomic E-state index is 16.4. The van der Waals surface area contributed by atoms with Gasteiger partial charge in [0.2, 0.25) is 12.1 Å². The molecule has 15 heteroatoms. The number of esters is 1. The number of rotatable bonds is 5. The summed E-state index contributed by atoms with van der Waals surface area (Å²) in [5.74, 6) is -6.55. The number of carbonyl (C=O) groups is 1. The first-order valence-corrected chi connectivity index (χ1v) is 11.3. The van der Waals surface area contributed by atoms with Crippen LogP contribution < -0.4 is 4.74 Å². The average Bonchev–Trinajstić information content (AvgIpc) is 3.41. The molecule has 2 heterocycles. The number of hydrogen-bond donors (Lipinski definition) is 0. The molecular weight excluding hydrogens is 549 g/mol. The van der Waals surface area contributed by atoms with E-state index in [1.165, 1.54) is 24.5 Å². The van der Waals surface area contributed by atoms with E-state index in [1.54, 1.807) is 6.07 Å². The fraction of sp³-hybridized carbons (Fsp3) is 0.240. The zero-order valence-electron chi connectivity index (χ0n) is 19.7. The maximum Gasteiger partial charge on any atom is 0.575 e. The summed E-state index contributed by atoms with van der Waals surface area (Å²) in [4.78, 5) is 26.9. The number of benzene rings is 2. The van der Waals surface area contributed by atoms with Crippen LogP contribution in [0.4, 0.5) is 27.6 Å².